The van der Waals surface area contributed by atoms with Crippen LogP contribution < -0.4 is 5.32 Å². The van der Waals surface area contributed by atoms with E-state index in [1.54, 1.807) is 0 Å². The highest BCUT2D eigenvalue weighted by Gasteiger charge is 2.22. The Bertz CT molecular complexity index is 390. The van der Waals surface area contributed by atoms with Crippen molar-refractivity contribution in [3.63, 3.8) is 0 Å². The standard InChI is InChI=1S/C17H29N3O/c1-14(2)11-17(20-7-9-21-10-8-20)13-19-15(3)16-5-4-6-18-12-16/h4-6,12,14-15,17,19H,7-11,13H2,1-3H3. The number of hydrogen-bond acceptors (Lipinski definition) is 4. The molecule has 2 heterocycles. The van der Waals surface area contributed by atoms with Gasteiger partial charge in [-0.2, -0.15) is 0 Å². The maximum atomic E-state index is 5.48. The van der Waals surface area contributed by atoms with Crippen molar-refractivity contribution >= 4 is 0 Å². The Hall–Kier alpha value is -0.970. The smallest absolute Gasteiger partial charge is 0.0594 e. The third-order valence-electron chi connectivity index (χ3n) is 4.15. The lowest BCUT2D eigenvalue weighted by Crippen LogP contribution is -2.48. The summed E-state index contributed by atoms with van der Waals surface area (Å²) in [6.45, 7) is 11.7. The van der Waals surface area contributed by atoms with Crippen molar-refractivity contribution in [1.29, 1.82) is 0 Å². The fourth-order valence-electron chi connectivity index (χ4n) is 2.91. The van der Waals surface area contributed by atoms with Crippen LogP contribution in [0.25, 0.3) is 0 Å². The van der Waals surface area contributed by atoms with Gasteiger partial charge in [0.25, 0.3) is 0 Å². The Morgan fingerprint density at radius 2 is 2.05 bits per heavy atom. The van der Waals surface area contributed by atoms with Crippen molar-refractivity contribution < 1.29 is 4.74 Å². The largest absolute Gasteiger partial charge is 0.379 e. The molecular weight excluding hydrogens is 262 g/mol. The summed E-state index contributed by atoms with van der Waals surface area (Å²) in [4.78, 5) is 6.78. The lowest BCUT2D eigenvalue weighted by molar-refractivity contribution is 0.0119. The third-order valence-corrected chi connectivity index (χ3v) is 4.15. The van der Waals surface area contributed by atoms with Gasteiger partial charge in [0, 0.05) is 44.1 Å². The maximum absolute atomic E-state index is 5.48. The van der Waals surface area contributed by atoms with E-state index in [0.717, 1.165) is 32.8 Å². The van der Waals surface area contributed by atoms with E-state index in [1.165, 1.54) is 12.0 Å². The van der Waals surface area contributed by atoms with E-state index in [2.05, 4.69) is 42.0 Å². The van der Waals surface area contributed by atoms with E-state index in [-0.39, 0.29) is 0 Å². The fourth-order valence-corrected chi connectivity index (χ4v) is 2.91. The van der Waals surface area contributed by atoms with Gasteiger partial charge in [-0.05, 0) is 30.9 Å². The molecule has 2 unspecified atom stereocenters. The van der Waals surface area contributed by atoms with Gasteiger partial charge in [0.15, 0.2) is 0 Å². The summed E-state index contributed by atoms with van der Waals surface area (Å²) in [6, 6.07) is 5.07. The van der Waals surface area contributed by atoms with Crippen LogP contribution >= 0.6 is 0 Å². The van der Waals surface area contributed by atoms with Crippen molar-refractivity contribution in [2.45, 2.75) is 39.3 Å². The lowest BCUT2D eigenvalue weighted by atomic mass is 10.0. The van der Waals surface area contributed by atoms with Gasteiger partial charge >= 0.3 is 0 Å². The molecule has 0 bridgehead atoms. The second-order valence-corrected chi connectivity index (χ2v) is 6.35. The molecule has 0 aliphatic carbocycles. The molecule has 1 aromatic rings. The third kappa shape index (κ3) is 5.38. The number of nitrogens with one attached hydrogen (secondary N) is 1. The molecule has 1 aromatic heterocycles. The van der Waals surface area contributed by atoms with E-state index >= 15 is 0 Å². The molecule has 0 radical (unpaired) electrons. The van der Waals surface area contributed by atoms with Gasteiger partial charge in [-0.25, -0.2) is 0 Å². The minimum absolute atomic E-state index is 0.342. The average Bonchev–Trinajstić information content (AvgIpc) is 2.52. The van der Waals surface area contributed by atoms with Gasteiger partial charge in [-0.3, -0.25) is 9.88 Å². The minimum Gasteiger partial charge on any atom is -0.379 e. The first-order valence-corrected chi connectivity index (χ1v) is 8.12. The van der Waals surface area contributed by atoms with Crippen molar-refractivity contribution in [1.82, 2.24) is 15.2 Å². The average molecular weight is 291 g/mol. The van der Waals surface area contributed by atoms with E-state index < -0.39 is 0 Å². The SMILES string of the molecule is CC(C)CC(CNC(C)c1cccnc1)N1CCOCC1. The van der Waals surface area contributed by atoms with Crippen molar-refractivity contribution in [2.75, 3.05) is 32.8 Å². The number of aromatic nitrogens is 1. The predicted molar refractivity (Wildman–Crippen MR) is 86.3 cm³/mol. The van der Waals surface area contributed by atoms with E-state index in [9.17, 15) is 0 Å². The van der Waals surface area contributed by atoms with Crippen LogP contribution in [0.4, 0.5) is 0 Å². The number of morpholine rings is 1. The summed E-state index contributed by atoms with van der Waals surface area (Å²) in [5, 5.41) is 3.68. The van der Waals surface area contributed by atoms with Crippen LogP contribution in [-0.2, 0) is 4.74 Å². The molecule has 118 valence electrons. The molecular formula is C17H29N3O. The second kappa shape index (κ2) is 8.47. The summed E-state index contributed by atoms with van der Waals surface area (Å²) in [7, 11) is 0. The van der Waals surface area contributed by atoms with Gasteiger partial charge in [-0.15, -0.1) is 0 Å². The predicted octanol–water partition coefficient (Wildman–Crippen LogP) is 2.48. The number of ether oxygens (including phenoxy) is 1. The molecule has 4 nitrogen and oxygen atoms in total. The maximum Gasteiger partial charge on any atom is 0.0594 e. The van der Waals surface area contributed by atoms with Crippen LogP contribution in [-0.4, -0.2) is 48.8 Å². The Kier molecular flexibility index (Phi) is 6.61. The van der Waals surface area contributed by atoms with E-state index in [4.69, 9.17) is 4.74 Å². The number of pyridine rings is 1. The molecule has 2 rings (SSSR count). The molecule has 0 aromatic carbocycles. The Morgan fingerprint density at radius 1 is 1.29 bits per heavy atom. The van der Waals surface area contributed by atoms with Crippen LogP contribution in [0.15, 0.2) is 24.5 Å². The normalized spacial score (nSPS) is 19.6. The molecule has 1 aliphatic heterocycles. The number of nitrogens with zero attached hydrogens (tertiary/aromatic N) is 2. The number of rotatable bonds is 7. The van der Waals surface area contributed by atoms with Gasteiger partial charge in [0.1, 0.15) is 0 Å². The summed E-state index contributed by atoms with van der Waals surface area (Å²) < 4.78 is 5.48. The van der Waals surface area contributed by atoms with E-state index in [0.29, 0.717) is 18.0 Å². The highest BCUT2D eigenvalue weighted by molar-refractivity contribution is 5.12. The topological polar surface area (TPSA) is 37.4 Å². The highest BCUT2D eigenvalue weighted by Crippen LogP contribution is 2.15. The van der Waals surface area contributed by atoms with Crippen molar-refractivity contribution in [3.05, 3.63) is 30.1 Å². The van der Waals surface area contributed by atoms with Crippen molar-refractivity contribution in [2.24, 2.45) is 5.92 Å². The zero-order chi connectivity index (χ0) is 15.1. The second-order valence-electron chi connectivity index (χ2n) is 6.35. The van der Waals surface area contributed by atoms with Gasteiger partial charge < -0.3 is 10.1 Å². The molecule has 0 amide bonds. The Labute approximate surface area is 128 Å². The van der Waals surface area contributed by atoms with Crippen molar-refractivity contribution in [3.8, 4) is 0 Å². The quantitative estimate of drug-likeness (QED) is 0.837. The van der Waals surface area contributed by atoms with Gasteiger partial charge in [0.05, 0.1) is 13.2 Å². The molecule has 2 atom stereocenters. The molecule has 0 saturated carbocycles. The summed E-state index contributed by atoms with van der Waals surface area (Å²) in [5.41, 5.74) is 1.25. The van der Waals surface area contributed by atoms with E-state index in [1.807, 2.05) is 18.5 Å². The molecule has 4 heteroatoms. The first-order valence-electron chi connectivity index (χ1n) is 8.12. The minimum atomic E-state index is 0.342. The highest BCUT2D eigenvalue weighted by atomic mass is 16.5. The molecule has 0 spiro atoms. The van der Waals surface area contributed by atoms with Crippen LogP contribution in [0.2, 0.25) is 0 Å². The van der Waals surface area contributed by atoms with Crippen LogP contribution in [0.1, 0.15) is 38.8 Å². The monoisotopic (exact) mass is 291 g/mol. The van der Waals surface area contributed by atoms with Crippen LogP contribution in [0.5, 0.6) is 0 Å². The van der Waals surface area contributed by atoms with Crippen LogP contribution in [0, 0.1) is 5.92 Å². The lowest BCUT2D eigenvalue weighted by Gasteiger charge is -2.36. The van der Waals surface area contributed by atoms with Crippen LogP contribution in [0.3, 0.4) is 0 Å². The first-order chi connectivity index (χ1) is 10.2. The molecule has 1 N–H and O–H groups in total. The summed E-state index contributed by atoms with van der Waals surface area (Å²) in [5.74, 6) is 0.716. The first kappa shape index (κ1) is 16.4. The summed E-state index contributed by atoms with van der Waals surface area (Å²) >= 11 is 0. The zero-order valence-corrected chi connectivity index (χ0v) is 13.6. The Morgan fingerprint density at radius 3 is 2.67 bits per heavy atom. The molecule has 1 saturated heterocycles. The van der Waals surface area contributed by atoms with Gasteiger partial charge in [0.2, 0.25) is 0 Å². The molecule has 1 fully saturated rings. The molecule has 1 aliphatic rings. The Balaban J connectivity index is 1.88. The fraction of sp³-hybridized carbons (Fsp3) is 0.706. The molecule has 21 heavy (non-hydrogen) atoms. The zero-order valence-electron chi connectivity index (χ0n) is 13.6. The summed E-state index contributed by atoms with van der Waals surface area (Å²) in [6.07, 6.45) is 5.00. The van der Waals surface area contributed by atoms with Gasteiger partial charge in [-0.1, -0.05) is 19.9 Å². The number of hydrogen-bond donors (Lipinski definition) is 1.